The van der Waals surface area contributed by atoms with E-state index in [1.165, 1.54) is 6.26 Å². The summed E-state index contributed by atoms with van der Waals surface area (Å²) in [4.78, 5) is 31.7. The average Bonchev–Trinajstić information content (AvgIpc) is 3.72. The van der Waals surface area contributed by atoms with E-state index in [4.69, 9.17) is 13.6 Å². The maximum Gasteiger partial charge on any atom is 0.269 e. The van der Waals surface area contributed by atoms with E-state index in [-0.39, 0.29) is 24.1 Å². The van der Waals surface area contributed by atoms with Crippen molar-refractivity contribution in [3.63, 3.8) is 0 Å². The van der Waals surface area contributed by atoms with Crippen molar-refractivity contribution >= 4 is 23.2 Å². The van der Waals surface area contributed by atoms with Crippen LogP contribution < -0.4 is 20.7 Å². The van der Waals surface area contributed by atoms with Crippen LogP contribution in [0.3, 0.4) is 0 Å². The standard InChI is InChI=1S/C31H30N6O5/c1-16-36-37-28(41-16)22-15-40-27(33-22)21-14-31-18-7-5-6-8-20(18)34-29(31)42-23-11-9-17(13-19(23)31)10-12-24(38)35-25(26(39)32-21)30(2,3)4/h5-9,11,13-15,25,29,34H,10,12H2,1-4H3,(H,32,39)(H,35,38). The van der Waals surface area contributed by atoms with E-state index in [2.05, 4.69) is 37.2 Å². The van der Waals surface area contributed by atoms with Crippen molar-refractivity contribution in [1.29, 1.82) is 0 Å². The molecule has 3 aliphatic heterocycles. The summed E-state index contributed by atoms with van der Waals surface area (Å²) in [6.07, 6.45) is 3.60. The van der Waals surface area contributed by atoms with Crippen molar-refractivity contribution in [3.8, 4) is 17.3 Å². The number of fused-ring (bicyclic) bond motifs is 2. The number of hydrogen-bond donors (Lipinski definition) is 3. The molecule has 11 nitrogen and oxygen atoms in total. The Hall–Kier alpha value is -4.93. The molecule has 0 aliphatic carbocycles. The molecule has 42 heavy (non-hydrogen) atoms. The van der Waals surface area contributed by atoms with Gasteiger partial charge in [-0.2, -0.15) is 0 Å². The molecule has 3 N–H and O–H groups in total. The lowest BCUT2D eigenvalue weighted by Crippen LogP contribution is -2.53. The number of rotatable bonds is 2. The SMILES string of the molecule is Cc1nnc(-c2coc(C3=CC45c6ccccc6NC4Oc4ccc(cc45)CCC(=O)NC(C(C)(C)C)C(=O)N3)n2)o1. The van der Waals surface area contributed by atoms with Gasteiger partial charge in [0.15, 0.2) is 11.9 Å². The van der Waals surface area contributed by atoms with Crippen LogP contribution in [0.15, 0.2) is 63.6 Å². The van der Waals surface area contributed by atoms with Gasteiger partial charge in [0.2, 0.25) is 23.6 Å². The van der Waals surface area contributed by atoms with Crippen LogP contribution in [0.25, 0.3) is 17.3 Å². The highest BCUT2D eigenvalue weighted by atomic mass is 16.5. The smallest absolute Gasteiger partial charge is 0.269 e. The Kier molecular flexibility index (Phi) is 5.76. The number of para-hydroxylation sites is 1. The molecule has 3 aliphatic rings. The van der Waals surface area contributed by atoms with Gasteiger partial charge in [-0.05, 0) is 41.2 Å². The highest BCUT2D eigenvalue weighted by molar-refractivity contribution is 5.94. The predicted molar refractivity (Wildman–Crippen MR) is 152 cm³/mol. The number of anilines is 1. The fourth-order valence-electron chi connectivity index (χ4n) is 5.94. The molecule has 7 rings (SSSR count). The van der Waals surface area contributed by atoms with Gasteiger partial charge < -0.3 is 29.5 Å². The Bertz CT molecular complexity index is 1760. The quantitative estimate of drug-likeness (QED) is 0.327. The van der Waals surface area contributed by atoms with Crippen molar-refractivity contribution in [1.82, 2.24) is 25.8 Å². The number of oxazole rings is 1. The van der Waals surface area contributed by atoms with Crippen LogP contribution in [0.2, 0.25) is 0 Å². The number of carbonyl (C=O) groups is 2. The van der Waals surface area contributed by atoms with Crippen LogP contribution in [0.1, 0.15) is 55.7 Å². The van der Waals surface area contributed by atoms with E-state index >= 15 is 0 Å². The van der Waals surface area contributed by atoms with E-state index in [1.54, 1.807) is 6.92 Å². The summed E-state index contributed by atoms with van der Waals surface area (Å²) in [6, 6.07) is 13.2. The molecule has 0 radical (unpaired) electrons. The van der Waals surface area contributed by atoms with Crippen molar-refractivity contribution in [2.24, 2.45) is 5.41 Å². The largest absolute Gasteiger partial charge is 0.469 e. The van der Waals surface area contributed by atoms with Crippen molar-refractivity contribution in [2.75, 3.05) is 5.32 Å². The van der Waals surface area contributed by atoms with Crippen LogP contribution in [-0.2, 0) is 21.4 Å². The first kappa shape index (κ1) is 26.0. The summed E-state index contributed by atoms with van der Waals surface area (Å²) < 4.78 is 18.0. The van der Waals surface area contributed by atoms with Crippen molar-refractivity contribution in [3.05, 3.63) is 83.3 Å². The van der Waals surface area contributed by atoms with Gasteiger partial charge in [0.05, 0.1) is 0 Å². The lowest BCUT2D eigenvalue weighted by Gasteiger charge is -2.31. The Labute approximate surface area is 241 Å². The number of benzene rings is 2. The predicted octanol–water partition coefficient (Wildman–Crippen LogP) is 4.10. The second kappa shape index (κ2) is 9.30. The molecule has 5 heterocycles. The summed E-state index contributed by atoms with van der Waals surface area (Å²) in [7, 11) is 0. The molecule has 2 bridgehead atoms. The molecule has 1 spiro atoms. The third kappa shape index (κ3) is 4.15. The van der Waals surface area contributed by atoms with Gasteiger partial charge in [0.1, 0.15) is 29.2 Å². The zero-order valence-corrected chi connectivity index (χ0v) is 23.6. The number of aromatic nitrogens is 3. The number of hydrogen-bond acceptors (Lipinski definition) is 9. The highest BCUT2D eigenvalue weighted by Gasteiger charge is 2.55. The van der Waals surface area contributed by atoms with Gasteiger partial charge in [-0.3, -0.25) is 9.59 Å². The van der Waals surface area contributed by atoms with Gasteiger partial charge in [0.25, 0.3) is 5.89 Å². The first-order valence-electron chi connectivity index (χ1n) is 13.9. The van der Waals surface area contributed by atoms with E-state index in [0.717, 1.165) is 22.4 Å². The summed E-state index contributed by atoms with van der Waals surface area (Å²) >= 11 is 0. The lowest BCUT2D eigenvalue weighted by atomic mass is 9.74. The van der Waals surface area contributed by atoms with Crippen LogP contribution >= 0.6 is 0 Å². The van der Waals surface area contributed by atoms with E-state index in [1.807, 2.05) is 63.2 Å². The number of ether oxygens (including phenoxy) is 1. The summed E-state index contributed by atoms with van der Waals surface area (Å²) in [5, 5.41) is 17.5. The Balaban J connectivity index is 1.46. The maximum absolute atomic E-state index is 14.0. The molecular weight excluding hydrogens is 536 g/mol. The molecule has 0 saturated heterocycles. The van der Waals surface area contributed by atoms with Gasteiger partial charge in [-0.15, -0.1) is 10.2 Å². The van der Waals surface area contributed by atoms with Crippen LogP contribution in [0.4, 0.5) is 5.69 Å². The topological polar surface area (TPSA) is 144 Å². The Morgan fingerprint density at radius 3 is 2.60 bits per heavy atom. The molecule has 2 amide bonds. The van der Waals surface area contributed by atoms with Gasteiger partial charge in [-0.25, -0.2) is 4.98 Å². The highest BCUT2D eigenvalue weighted by Crippen LogP contribution is 2.55. The fourth-order valence-corrected chi connectivity index (χ4v) is 5.94. The fraction of sp³-hybridized carbons (Fsp3) is 0.323. The third-order valence-electron chi connectivity index (χ3n) is 7.99. The second-order valence-corrected chi connectivity index (χ2v) is 12.0. The van der Waals surface area contributed by atoms with Gasteiger partial charge in [-0.1, -0.05) is 51.1 Å². The molecule has 0 saturated carbocycles. The molecule has 3 atom stereocenters. The summed E-state index contributed by atoms with van der Waals surface area (Å²) in [6.45, 7) is 7.41. The monoisotopic (exact) mass is 566 g/mol. The minimum absolute atomic E-state index is 0.144. The van der Waals surface area contributed by atoms with E-state index in [9.17, 15) is 9.59 Å². The third-order valence-corrected chi connectivity index (χ3v) is 7.99. The summed E-state index contributed by atoms with van der Waals surface area (Å²) in [5.41, 5.74) is 3.02. The van der Waals surface area contributed by atoms with Gasteiger partial charge in [0, 0.05) is 24.6 Å². The van der Waals surface area contributed by atoms with E-state index in [0.29, 0.717) is 29.5 Å². The van der Waals surface area contributed by atoms with Crippen LogP contribution in [-0.4, -0.2) is 39.3 Å². The number of aryl methyl sites for hydroxylation is 2. The molecule has 2 aromatic carbocycles. The number of nitrogens with zero attached hydrogens (tertiary/aromatic N) is 3. The second-order valence-electron chi connectivity index (χ2n) is 12.0. The molecule has 4 aromatic rings. The average molecular weight is 567 g/mol. The molecule has 11 heteroatoms. The molecule has 3 unspecified atom stereocenters. The zero-order valence-electron chi connectivity index (χ0n) is 23.6. The zero-order chi connectivity index (χ0) is 29.2. The maximum atomic E-state index is 14.0. The normalized spacial score (nSPS) is 23.2. The van der Waals surface area contributed by atoms with E-state index < -0.39 is 29.0 Å². The number of amides is 2. The summed E-state index contributed by atoms with van der Waals surface area (Å²) in [5.74, 6) is 0.838. The molecule has 0 fully saturated rings. The Morgan fingerprint density at radius 1 is 0.976 bits per heavy atom. The minimum Gasteiger partial charge on any atom is -0.469 e. The van der Waals surface area contributed by atoms with Crippen molar-refractivity contribution < 1.29 is 23.2 Å². The van der Waals surface area contributed by atoms with Crippen LogP contribution in [0, 0.1) is 12.3 Å². The molecular formula is C31H30N6O5. The minimum atomic E-state index is -0.844. The Morgan fingerprint density at radius 2 is 1.81 bits per heavy atom. The van der Waals surface area contributed by atoms with Crippen molar-refractivity contribution in [2.45, 2.75) is 58.2 Å². The lowest BCUT2D eigenvalue weighted by molar-refractivity contribution is -0.130. The first-order valence-corrected chi connectivity index (χ1v) is 13.9. The number of nitrogens with one attached hydrogen (secondary N) is 3. The van der Waals surface area contributed by atoms with Gasteiger partial charge >= 0.3 is 0 Å². The van der Waals surface area contributed by atoms with Crippen LogP contribution in [0.5, 0.6) is 5.75 Å². The number of carbonyl (C=O) groups excluding carboxylic acids is 2. The molecule has 214 valence electrons. The molecule has 2 aromatic heterocycles. The first-order chi connectivity index (χ1) is 20.1.